The molecule has 38 heavy (non-hydrogen) atoms. The lowest BCUT2D eigenvalue weighted by atomic mass is 9.77. The molecule has 2 aromatic carbocycles. The molecule has 7 nitrogen and oxygen atoms in total. The molecule has 0 atom stereocenters. The molecule has 0 saturated carbocycles. The molecule has 2 fully saturated rings. The van der Waals surface area contributed by atoms with Gasteiger partial charge < -0.3 is 19.7 Å². The van der Waals surface area contributed by atoms with Crippen LogP contribution in [-0.2, 0) is 9.59 Å². The van der Waals surface area contributed by atoms with Gasteiger partial charge in [0.1, 0.15) is 0 Å². The summed E-state index contributed by atoms with van der Waals surface area (Å²) in [5.41, 5.74) is 2.92. The second kappa shape index (κ2) is 10.9. The van der Waals surface area contributed by atoms with Crippen molar-refractivity contribution in [2.75, 3.05) is 31.5 Å². The van der Waals surface area contributed by atoms with E-state index < -0.39 is 0 Å². The Morgan fingerprint density at radius 2 is 1.61 bits per heavy atom. The van der Waals surface area contributed by atoms with Crippen molar-refractivity contribution in [3.63, 3.8) is 0 Å². The van der Waals surface area contributed by atoms with E-state index >= 15 is 0 Å². The van der Waals surface area contributed by atoms with E-state index in [9.17, 15) is 14.4 Å². The fourth-order valence-corrected chi connectivity index (χ4v) is 5.67. The number of benzene rings is 2. The lowest BCUT2D eigenvalue weighted by molar-refractivity contribution is -0.125. The molecule has 0 unspecified atom stereocenters. The average Bonchev–Trinajstić information content (AvgIpc) is 3.59. The van der Waals surface area contributed by atoms with Crippen molar-refractivity contribution in [3.8, 4) is 5.69 Å². The van der Waals surface area contributed by atoms with Gasteiger partial charge in [-0.3, -0.25) is 14.4 Å². The Morgan fingerprint density at radius 3 is 2.32 bits per heavy atom. The monoisotopic (exact) mass is 530 g/mol. The molecule has 3 heterocycles. The second-order valence-electron chi connectivity index (χ2n) is 10.2. The number of amides is 3. The van der Waals surface area contributed by atoms with Gasteiger partial charge in [-0.15, -0.1) is 0 Å². The number of halogens is 1. The van der Waals surface area contributed by atoms with Crippen molar-refractivity contribution in [2.24, 2.45) is 5.41 Å². The van der Waals surface area contributed by atoms with Gasteiger partial charge in [0.25, 0.3) is 5.91 Å². The van der Waals surface area contributed by atoms with E-state index in [1.165, 1.54) is 6.92 Å². The Balaban J connectivity index is 1.21. The average molecular weight is 531 g/mol. The van der Waals surface area contributed by atoms with Crippen molar-refractivity contribution >= 4 is 41.1 Å². The van der Waals surface area contributed by atoms with Crippen LogP contribution in [0.4, 0.5) is 5.69 Å². The van der Waals surface area contributed by atoms with Gasteiger partial charge in [0.15, 0.2) is 0 Å². The van der Waals surface area contributed by atoms with E-state index in [-0.39, 0.29) is 23.1 Å². The number of anilines is 1. The quantitative estimate of drug-likeness (QED) is 0.457. The third-order valence-corrected chi connectivity index (χ3v) is 7.84. The zero-order valence-electron chi connectivity index (χ0n) is 21.4. The summed E-state index contributed by atoms with van der Waals surface area (Å²) in [4.78, 5) is 41.8. The Bertz CT molecular complexity index is 1370. The van der Waals surface area contributed by atoms with Gasteiger partial charge in [0, 0.05) is 62.3 Å². The molecule has 0 aliphatic carbocycles. The fourth-order valence-electron chi connectivity index (χ4n) is 5.50. The molecule has 3 amide bonds. The summed E-state index contributed by atoms with van der Waals surface area (Å²) in [5.74, 6) is -0.200. The zero-order valence-corrected chi connectivity index (χ0v) is 22.2. The summed E-state index contributed by atoms with van der Waals surface area (Å²) in [6, 6.07) is 16.8. The lowest BCUT2D eigenvalue weighted by Gasteiger charge is -2.39. The summed E-state index contributed by atoms with van der Waals surface area (Å²) in [6.45, 7) is 4.19. The van der Waals surface area contributed by atoms with Gasteiger partial charge in [0.2, 0.25) is 11.8 Å². The normalized spacial score (nSPS) is 16.8. The number of hydrogen-bond acceptors (Lipinski definition) is 3. The first kappa shape index (κ1) is 25.8. The third kappa shape index (κ3) is 5.53. The number of para-hydroxylation sites is 1. The minimum absolute atomic E-state index is 0.0435. The van der Waals surface area contributed by atoms with Crippen molar-refractivity contribution < 1.29 is 14.4 Å². The molecule has 0 radical (unpaired) electrons. The van der Waals surface area contributed by atoms with Crippen LogP contribution in [0.1, 0.15) is 42.1 Å². The summed E-state index contributed by atoms with van der Waals surface area (Å²) < 4.78 is 1.97. The zero-order chi connectivity index (χ0) is 26.7. The Morgan fingerprint density at radius 1 is 0.921 bits per heavy atom. The smallest absolute Gasteiger partial charge is 0.255 e. The van der Waals surface area contributed by atoms with E-state index in [2.05, 4.69) is 5.32 Å². The van der Waals surface area contributed by atoms with Crippen molar-refractivity contribution in [2.45, 2.75) is 26.2 Å². The molecule has 2 aliphatic heterocycles. The number of piperidine rings is 1. The summed E-state index contributed by atoms with van der Waals surface area (Å²) >= 11 is 6.07. The van der Waals surface area contributed by atoms with Crippen LogP contribution in [0.25, 0.3) is 11.8 Å². The number of nitrogens with one attached hydrogen (secondary N) is 1. The maximum Gasteiger partial charge on any atom is 0.255 e. The maximum atomic E-state index is 13.4. The van der Waals surface area contributed by atoms with Gasteiger partial charge in [0.05, 0.1) is 11.3 Å². The van der Waals surface area contributed by atoms with Gasteiger partial charge >= 0.3 is 0 Å². The summed E-state index contributed by atoms with van der Waals surface area (Å²) in [7, 11) is 0. The first-order valence-electron chi connectivity index (χ1n) is 12.9. The molecule has 1 aromatic heterocycles. The van der Waals surface area contributed by atoms with Crippen LogP contribution in [-0.4, -0.2) is 58.3 Å². The number of nitrogens with zero attached hydrogens (tertiary/aromatic N) is 3. The number of carbonyl (C=O) groups excluding carboxylic acids is 3. The largest absolute Gasteiger partial charge is 0.339 e. The molecular weight excluding hydrogens is 500 g/mol. The first-order chi connectivity index (χ1) is 18.3. The Kier molecular flexibility index (Phi) is 7.38. The molecule has 1 N–H and O–H groups in total. The van der Waals surface area contributed by atoms with Crippen LogP contribution >= 0.6 is 11.6 Å². The minimum Gasteiger partial charge on any atom is -0.339 e. The van der Waals surface area contributed by atoms with Crippen molar-refractivity contribution in [3.05, 3.63) is 89.2 Å². The fraction of sp³-hybridized carbons (Fsp3) is 0.300. The molecule has 5 rings (SSSR count). The number of likely N-dealkylation sites (tertiary alicyclic amines) is 2. The van der Waals surface area contributed by atoms with E-state index in [1.54, 1.807) is 30.4 Å². The Hall–Kier alpha value is -3.84. The highest BCUT2D eigenvalue weighted by Crippen LogP contribution is 2.41. The van der Waals surface area contributed by atoms with Crippen LogP contribution in [0.5, 0.6) is 0 Å². The van der Waals surface area contributed by atoms with E-state index in [0.717, 1.165) is 30.5 Å². The van der Waals surface area contributed by atoms with Gasteiger partial charge in [-0.1, -0.05) is 29.8 Å². The van der Waals surface area contributed by atoms with Crippen LogP contribution in [0.2, 0.25) is 5.02 Å². The molecule has 196 valence electrons. The lowest BCUT2D eigenvalue weighted by Crippen LogP contribution is -2.44. The molecule has 1 spiro atoms. The topological polar surface area (TPSA) is 74.7 Å². The Labute approximate surface area is 227 Å². The SMILES string of the molecule is CC(=O)Nc1cc(Cl)ccc1/C=C/C(=O)N1CCC2(CCN(C(=O)c3ccccc3-n3cccc3)CC2)C1. The van der Waals surface area contributed by atoms with Gasteiger partial charge in [-0.2, -0.15) is 0 Å². The first-order valence-corrected chi connectivity index (χ1v) is 13.3. The van der Waals surface area contributed by atoms with Crippen molar-refractivity contribution in [1.29, 1.82) is 0 Å². The minimum atomic E-state index is -0.201. The van der Waals surface area contributed by atoms with E-state index in [0.29, 0.717) is 42.5 Å². The van der Waals surface area contributed by atoms with Crippen LogP contribution in [0.3, 0.4) is 0 Å². The summed E-state index contributed by atoms with van der Waals surface area (Å²) in [6.07, 6.45) is 9.87. The van der Waals surface area contributed by atoms with Crippen LogP contribution in [0, 0.1) is 5.41 Å². The van der Waals surface area contributed by atoms with Crippen LogP contribution < -0.4 is 5.32 Å². The van der Waals surface area contributed by atoms with E-state index in [1.807, 2.05) is 63.2 Å². The maximum absolute atomic E-state index is 13.4. The highest BCUT2D eigenvalue weighted by Gasteiger charge is 2.42. The van der Waals surface area contributed by atoms with Crippen LogP contribution in [0.15, 0.2) is 73.1 Å². The number of rotatable bonds is 5. The predicted molar refractivity (Wildman–Crippen MR) is 149 cm³/mol. The number of aromatic nitrogens is 1. The molecule has 3 aromatic rings. The highest BCUT2D eigenvalue weighted by atomic mass is 35.5. The number of hydrogen-bond donors (Lipinski definition) is 1. The molecule has 8 heteroatoms. The molecule has 0 bridgehead atoms. The molecule has 2 saturated heterocycles. The molecular formula is C30H31ClN4O3. The predicted octanol–water partition coefficient (Wildman–Crippen LogP) is 5.26. The number of carbonyl (C=O) groups is 3. The standard InChI is InChI=1S/C30H31ClN4O3/c1-22(36)32-26-20-24(31)10-8-23(26)9-11-28(37)35-19-14-30(21-35)12-17-34(18-13-30)29(38)25-6-2-3-7-27(25)33-15-4-5-16-33/h2-11,15-16,20H,12-14,17-19,21H2,1H3,(H,32,36)/b11-9+. The van der Waals surface area contributed by atoms with Gasteiger partial charge in [-0.05, 0) is 72.7 Å². The van der Waals surface area contributed by atoms with E-state index in [4.69, 9.17) is 11.6 Å². The van der Waals surface area contributed by atoms with Gasteiger partial charge in [-0.25, -0.2) is 0 Å². The third-order valence-electron chi connectivity index (χ3n) is 7.61. The molecule has 2 aliphatic rings. The van der Waals surface area contributed by atoms with Crippen molar-refractivity contribution in [1.82, 2.24) is 14.4 Å². The highest BCUT2D eigenvalue weighted by molar-refractivity contribution is 6.31. The summed E-state index contributed by atoms with van der Waals surface area (Å²) in [5, 5.41) is 3.27. The second-order valence-corrected chi connectivity index (χ2v) is 10.6.